The van der Waals surface area contributed by atoms with Gasteiger partial charge in [-0.25, -0.2) is 4.99 Å². The van der Waals surface area contributed by atoms with Crippen LogP contribution in [0.3, 0.4) is 0 Å². The Kier molecular flexibility index (Phi) is 7.69. The summed E-state index contributed by atoms with van der Waals surface area (Å²) in [6.45, 7) is 5.77. The molecule has 1 aliphatic heterocycles. The van der Waals surface area contributed by atoms with Crippen molar-refractivity contribution in [2.75, 3.05) is 12.4 Å². The molecular weight excluding hydrogens is 558 g/mol. The maximum Gasteiger partial charge on any atom is 0.271 e. The van der Waals surface area contributed by atoms with Gasteiger partial charge in [-0.15, -0.1) is 0 Å². The maximum atomic E-state index is 14.3. The van der Waals surface area contributed by atoms with E-state index in [0.717, 1.165) is 21.9 Å². The summed E-state index contributed by atoms with van der Waals surface area (Å²) in [5.41, 5.74) is 2.99. The molecule has 7 nitrogen and oxygen atoms in total. The van der Waals surface area contributed by atoms with E-state index in [2.05, 4.69) is 5.32 Å². The molecule has 0 unspecified atom stereocenters. The van der Waals surface area contributed by atoms with Crippen molar-refractivity contribution in [2.45, 2.75) is 32.9 Å². The lowest BCUT2D eigenvalue weighted by molar-refractivity contribution is -0.113. The second-order valence-electron chi connectivity index (χ2n) is 10.5. The van der Waals surface area contributed by atoms with Gasteiger partial charge in [0.15, 0.2) is 4.80 Å². The van der Waals surface area contributed by atoms with Crippen LogP contribution >= 0.6 is 11.3 Å². The Morgan fingerprint density at radius 3 is 2.42 bits per heavy atom. The van der Waals surface area contributed by atoms with Gasteiger partial charge in [0, 0.05) is 11.3 Å². The number of benzene rings is 4. The third-order valence-electron chi connectivity index (χ3n) is 7.30. The van der Waals surface area contributed by atoms with Crippen LogP contribution in [-0.2, 0) is 4.79 Å². The molecule has 5 aromatic rings. The number of para-hydroxylation sites is 1. The molecule has 1 amide bonds. The number of hydrogen-bond donors (Lipinski definition) is 1. The summed E-state index contributed by atoms with van der Waals surface area (Å²) in [6.07, 6.45) is 1.84. The van der Waals surface area contributed by atoms with Crippen molar-refractivity contribution in [1.29, 1.82) is 0 Å². The monoisotopic (exact) mass is 589 g/mol. The van der Waals surface area contributed by atoms with E-state index >= 15 is 0 Å². The predicted molar refractivity (Wildman–Crippen MR) is 172 cm³/mol. The average molecular weight is 590 g/mol. The summed E-state index contributed by atoms with van der Waals surface area (Å²) in [6, 6.07) is 28.0. The van der Waals surface area contributed by atoms with Gasteiger partial charge < -0.3 is 14.8 Å². The summed E-state index contributed by atoms with van der Waals surface area (Å²) in [7, 11) is 1.60. The minimum Gasteiger partial charge on any atom is -0.497 e. The molecule has 2 heterocycles. The molecule has 0 spiro atoms. The molecule has 1 aliphatic rings. The van der Waals surface area contributed by atoms with Gasteiger partial charge in [0.25, 0.3) is 11.5 Å². The zero-order valence-electron chi connectivity index (χ0n) is 24.3. The van der Waals surface area contributed by atoms with E-state index in [1.54, 1.807) is 11.7 Å². The summed E-state index contributed by atoms with van der Waals surface area (Å²) in [5.74, 6) is 1.07. The number of nitrogens with zero attached hydrogens (tertiary/aromatic N) is 2. The van der Waals surface area contributed by atoms with Crippen molar-refractivity contribution in [3.05, 3.63) is 133 Å². The fourth-order valence-electron chi connectivity index (χ4n) is 5.35. The first kappa shape index (κ1) is 28.2. The first-order chi connectivity index (χ1) is 20.8. The summed E-state index contributed by atoms with van der Waals surface area (Å²) in [5, 5.41) is 5.02. The highest BCUT2D eigenvalue weighted by Gasteiger charge is 2.32. The number of fused-ring (bicyclic) bond motifs is 2. The standard InChI is InChI=1S/C35H31N3O4S/c1-21(2)42-29-19-16-23-10-8-9-13-27(23)28(29)20-30-34(40)38-32(24-14-17-26(41-4)18-15-24)31(22(3)36-35(38)43-30)33(39)37-25-11-6-5-7-12-25/h5-21,32H,1-4H3,(H,37,39)/b30-20+/t32-/m1/s1. The SMILES string of the molecule is COc1ccc([C@@H]2C(C(=O)Nc3ccccc3)=C(C)N=c3s/c(=C/c4c(OC(C)C)ccc5ccccc45)c(=O)n32)cc1. The molecule has 1 atom stereocenters. The Hall–Kier alpha value is -4.95. The molecule has 0 radical (unpaired) electrons. The van der Waals surface area contributed by atoms with Crippen molar-refractivity contribution < 1.29 is 14.3 Å². The molecule has 0 saturated carbocycles. The summed E-state index contributed by atoms with van der Waals surface area (Å²) < 4.78 is 13.7. The number of thiazole rings is 1. The molecule has 8 heteroatoms. The lowest BCUT2D eigenvalue weighted by Gasteiger charge is -2.25. The lowest BCUT2D eigenvalue weighted by Crippen LogP contribution is -2.40. The second-order valence-corrected chi connectivity index (χ2v) is 11.5. The molecule has 1 aromatic heterocycles. The van der Waals surface area contributed by atoms with Crippen LogP contribution in [0.15, 0.2) is 112 Å². The van der Waals surface area contributed by atoms with Gasteiger partial charge in [-0.05, 0) is 73.5 Å². The number of aromatic nitrogens is 1. The molecule has 0 fully saturated rings. The van der Waals surface area contributed by atoms with E-state index in [9.17, 15) is 9.59 Å². The first-order valence-corrected chi connectivity index (χ1v) is 14.9. The van der Waals surface area contributed by atoms with Crippen molar-refractivity contribution in [1.82, 2.24) is 4.57 Å². The predicted octanol–water partition coefficient (Wildman–Crippen LogP) is 5.82. The molecular formula is C35H31N3O4S. The zero-order chi connectivity index (χ0) is 30.1. The summed E-state index contributed by atoms with van der Waals surface area (Å²) in [4.78, 5) is 33.4. The van der Waals surface area contributed by atoms with Gasteiger partial charge in [-0.1, -0.05) is 72.0 Å². The van der Waals surface area contributed by atoms with Crippen LogP contribution in [0.2, 0.25) is 0 Å². The van der Waals surface area contributed by atoms with E-state index in [1.165, 1.54) is 11.3 Å². The minimum absolute atomic E-state index is 0.0436. The Balaban J connectivity index is 1.55. The molecule has 0 aliphatic carbocycles. The second kappa shape index (κ2) is 11.7. The number of methoxy groups -OCH3 is 1. The molecule has 216 valence electrons. The smallest absolute Gasteiger partial charge is 0.271 e. The normalized spacial score (nSPS) is 14.9. The third kappa shape index (κ3) is 5.49. The Morgan fingerprint density at radius 2 is 1.70 bits per heavy atom. The Bertz CT molecular complexity index is 2040. The molecule has 4 aromatic carbocycles. The quantitative estimate of drug-likeness (QED) is 0.259. The van der Waals surface area contributed by atoms with Gasteiger partial charge in [0.05, 0.1) is 35.1 Å². The van der Waals surface area contributed by atoms with Crippen LogP contribution in [0.5, 0.6) is 11.5 Å². The van der Waals surface area contributed by atoms with Crippen LogP contribution in [0.4, 0.5) is 5.69 Å². The Labute approximate surface area is 253 Å². The lowest BCUT2D eigenvalue weighted by atomic mass is 9.95. The Morgan fingerprint density at radius 1 is 0.977 bits per heavy atom. The van der Waals surface area contributed by atoms with Gasteiger partial charge in [-0.3, -0.25) is 14.2 Å². The van der Waals surface area contributed by atoms with Crippen LogP contribution in [0.1, 0.15) is 37.9 Å². The minimum atomic E-state index is -0.688. The molecule has 0 bridgehead atoms. The topological polar surface area (TPSA) is 81.9 Å². The van der Waals surface area contributed by atoms with Crippen molar-refractivity contribution >= 4 is 39.8 Å². The number of carbonyl (C=O) groups excluding carboxylic acids is 1. The molecule has 0 saturated heterocycles. The van der Waals surface area contributed by atoms with Crippen molar-refractivity contribution in [3.8, 4) is 11.5 Å². The van der Waals surface area contributed by atoms with E-state index in [-0.39, 0.29) is 17.6 Å². The fraction of sp³-hybridized carbons (Fsp3) is 0.171. The van der Waals surface area contributed by atoms with Crippen LogP contribution in [0.25, 0.3) is 16.8 Å². The largest absolute Gasteiger partial charge is 0.497 e. The van der Waals surface area contributed by atoms with Gasteiger partial charge in [0.1, 0.15) is 11.5 Å². The number of carbonyl (C=O) groups is 1. The first-order valence-electron chi connectivity index (χ1n) is 14.1. The molecule has 43 heavy (non-hydrogen) atoms. The van der Waals surface area contributed by atoms with Crippen LogP contribution in [0, 0.1) is 0 Å². The summed E-state index contributed by atoms with van der Waals surface area (Å²) >= 11 is 1.30. The number of anilines is 1. The van der Waals surface area contributed by atoms with E-state index in [1.807, 2.05) is 118 Å². The highest BCUT2D eigenvalue weighted by molar-refractivity contribution is 7.07. The maximum absolute atomic E-state index is 14.3. The van der Waals surface area contributed by atoms with Crippen LogP contribution < -0.4 is 29.7 Å². The average Bonchev–Trinajstić information content (AvgIpc) is 3.31. The van der Waals surface area contributed by atoms with E-state index < -0.39 is 6.04 Å². The fourth-order valence-corrected chi connectivity index (χ4v) is 6.37. The van der Waals surface area contributed by atoms with Crippen LogP contribution in [-0.4, -0.2) is 23.7 Å². The van der Waals surface area contributed by atoms with E-state index in [0.29, 0.717) is 37.8 Å². The van der Waals surface area contributed by atoms with E-state index in [4.69, 9.17) is 14.5 Å². The third-order valence-corrected chi connectivity index (χ3v) is 8.28. The number of ether oxygens (including phenoxy) is 2. The molecule has 1 N–H and O–H groups in total. The number of allylic oxidation sites excluding steroid dienone is 1. The highest BCUT2D eigenvalue weighted by atomic mass is 32.1. The molecule has 6 rings (SSSR count). The number of hydrogen-bond acceptors (Lipinski definition) is 6. The zero-order valence-corrected chi connectivity index (χ0v) is 25.1. The van der Waals surface area contributed by atoms with Crippen molar-refractivity contribution in [3.63, 3.8) is 0 Å². The number of amides is 1. The van der Waals surface area contributed by atoms with Crippen molar-refractivity contribution in [2.24, 2.45) is 4.99 Å². The van der Waals surface area contributed by atoms with Gasteiger partial charge >= 0.3 is 0 Å². The highest BCUT2D eigenvalue weighted by Crippen LogP contribution is 2.33. The number of nitrogens with one attached hydrogen (secondary N) is 1. The van der Waals surface area contributed by atoms with Gasteiger partial charge in [-0.2, -0.15) is 0 Å². The number of rotatable bonds is 7. The van der Waals surface area contributed by atoms with Gasteiger partial charge in [0.2, 0.25) is 0 Å².